The maximum atomic E-state index is 11.1. The average Bonchev–Trinajstić information content (AvgIpc) is 1.95. The summed E-state index contributed by atoms with van der Waals surface area (Å²) >= 11 is 0. The first-order chi connectivity index (χ1) is 5.55. The van der Waals surface area contributed by atoms with Crippen molar-refractivity contribution in [3.05, 3.63) is 0 Å². The molecule has 0 aromatic heterocycles. The van der Waals surface area contributed by atoms with Gasteiger partial charge < -0.3 is 4.74 Å². The third-order valence-corrected chi connectivity index (χ3v) is 2.21. The van der Waals surface area contributed by atoms with Gasteiger partial charge in [-0.15, -0.1) is 0 Å². The first-order valence-corrected chi connectivity index (χ1v) is 4.09. The summed E-state index contributed by atoms with van der Waals surface area (Å²) in [5, 5.41) is 8.16. The minimum atomic E-state index is -0.212. The van der Waals surface area contributed by atoms with Crippen molar-refractivity contribution in [2.75, 3.05) is 6.61 Å². The van der Waals surface area contributed by atoms with Crippen LogP contribution in [0.2, 0.25) is 0 Å². The molecule has 0 N–H and O–H groups in total. The average molecular weight is 167 g/mol. The number of nitrogens with zero attached hydrogens (tertiary/aromatic N) is 1. The van der Waals surface area contributed by atoms with E-state index in [0.29, 0.717) is 0 Å². The Hall–Kier alpha value is -1.04. The number of esters is 1. The lowest BCUT2D eigenvalue weighted by atomic mass is 9.64. The molecule has 0 bridgehead atoms. The Morgan fingerprint density at radius 1 is 1.67 bits per heavy atom. The van der Waals surface area contributed by atoms with Gasteiger partial charge in [0.1, 0.15) is 6.07 Å². The van der Waals surface area contributed by atoms with Crippen molar-refractivity contribution in [3.8, 4) is 6.07 Å². The van der Waals surface area contributed by atoms with Gasteiger partial charge in [0.05, 0.1) is 5.92 Å². The Morgan fingerprint density at radius 2 is 2.25 bits per heavy atom. The van der Waals surface area contributed by atoms with E-state index < -0.39 is 0 Å². The molecule has 0 aromatic carbocycles. The maximum absolute atomic E-state index is 11.1. The molecule has 0 aromatic rings. The number of carbonyl (C=O) groups excluding carboxylic acids is 1. The summed E-state index contributed by atoms with van der Waals surface area (Å²) in [5.74, 6) is -0.177. The molecule has 3 heteroatoms. The lowest BCUT2D eigenvalue weighted by Gasteiger charge is -2.40. The quantitative estimate of drug-likeness (QED) is 0.585. The molecule has 0 aliphatic heterocycles. The Kier molecular flexibility index (Phi) is 2.37. The first kappa shape index (κ1) is 9.05. The van der Waals surface area contributed by atoms with Crippen LogP contribution in [0, 0.1) is 22.7 Å². The second-order valence-electron chi connectivity index (χ2n) is 4.04. The third kappa shape index (κ3) is 1.97. The predicted octanol–water partition coefficient (Wildman–Crippen LogP) is 1.49. The molecule has 66 valence electrons. The molecule has 0 spiro atoms. The highest BCUT2D eigenvalue weighted by atomic mass is 16.5. The van der Waals surface area contributed by atoms with E-state index in [-0.39, 0.29) is 23.9 Å². The minimum absolute atomic E-state index is 0.0355. The summed E-state index contributed by atoms with van der Waals surface area (Å²) in [6, 6.07) is 1.78. The highest BCUT2D eigenvalue weighted by molar-refractivity contribution is 5.73. The van der Waals surface area contributed by atoms with Crippen LogP contribution >= 0.6 is 0 Å². The monoisotopic (exact) mass is 167 g/mol. The van der Waals surface area contributed by atoms with Gasteiger partial charge in [0, 0.05) is 0 Å². The third-order valence-electron chi connectivity index (χ3n) is 2.21. The van der Waals surface area contributed by atoms with Crippen molar-refractivity contribution in [1.29, 1.82) is 5.26 Å². The number of ether oxygens (including phenoxy) is 1. The largest absolute Gasteiger partial charge is 0.450 e. The summed E-state index contributed by atoms with van der Waals surface area (Å²) < 4.78 is 4.69. The van der Waals surface area contributed by atoms with Crippen molar-refractivity contribution < 1.29 is 9.53 Å². The van der Waals surface area contributed by atoms with Crippen LogP contribution in [-0.4, -0.2) is 12.6 Å². The van der Waals surface area contributed by atoms with Gasteiger partial charge in [-0.2, -0.15) is 5.26 Å². The zero-order chi connectivity index (χ0) is 9.19. The molecule has 0 radical (unpaired) electrons. The summed E-state index contributed by atoms with van der Waals surface area (Å²) in [4.78, 5) is 11.1. The summed E-state index contributed by atoms with van der Waals surface area (Å²) in [7, 11) is 0. The van der Waals surface area contributed by atoms with Crippen LogP contribution < -0.4 is 0 Å². The Labute approximate surface area is 72.3 Å². The van der Waals surface area contributed by atoms with E-state index >= 15 is 0 Å². The molecule has 0 amide bonds. The fourth-order valence-corrected chi connectivity index (χ4v) is 1.66. The van der Waals surface area contributed by atoms with Crippen LogP contribution in [0.15, 0.2) is 0 Å². The molecule has 12 heavy (non-hydrogen) atoms. The molecule has 0 atom stereocenters. The topological polar surface area (TPSA) is 50.1 Å². The fourth-order valence-electron chi connectivity index (χ4n) is 1.66. The van der Waals surface area contributed by atoms with Gasteiger partial charge in [0.25, 0.3) is 0 Å². The minimum Gasteiger partial charge on any atom is -0.450 e. The van der Waals surface area contributed by atoms with Crippen LogP contribution in [0.5, 0.6) is 0 Å². The molecule has 0 heterocycles. The van der Waals surface area contributed by atoms with Crippen LogP contribution in [-0.2, 0) is 9.53 Å². The highest BCUT2D eigenvalue weighted by Gasteiger charge is 2.41. The van der Waals surface area contributed by atoms with E-state index in [0.717, 1.165) is 12.8 Å². The maximum Gasteiger partial charge on any atom is 0.310 e. The number of nitriles is 1. The van der Waals surface area contributed by atoms with Crippen molar-refractivity contribution in [3.63, 3.8) is 0 Å². The fraction of sp³-hybridized carbons (Fsp3) is 0.778. The highest BCUT2D eigenvalue weighted by Crippen LogP contribution is 2.45. The van der Waals surface area contributed by atoms with Crippen LogP contribution in [0.1, 0.15) is 26.7 Å². The molecular formula is C9H13NO2. The molecule has 1 aliphatic carbocycles. The van der Waals surface area contributed by atoms with Crippen molar-refractivity contribution >= 4 is 5.97 Å². The summed E-state index contributed by atoms with van der Waals surface area (Å²) in [5.41, 5.74) is 0.288. The predicted molar refractivity (Wildman–Crippen MR) is 43.1 cm³/mol. The van der Waals surface area contributed by atoms with E-state index in [1.165, 1.54) is 0 Å². The van der Waals surface area contributed by atoms with Crippen molar-refractivity contribution in [1.82, 2.24) is 0 Å². The van der Waals surface area contributed by atoms with E-state index in [9.17, 15) is 4.79 Å². The first-order valence-electron chi connectivity index (χ1n) is 4.09. The standard InChI is InChI=1S/C9H13NO2/c1-9(2)5-7(6-9)8(11)12-4-3-10/h7H,4-6H2,1-2H3. The second-order valence-corrected chi connectivity index (χ2v) is 4.04. The summed E-state index contributed by atoms with van der Waals surface area (Å²) in [6.45, 7) is 4.14. The van der Waals surface area contributed by atoms with Gasteiger partial charge in [0.15, 0.2) is 6.61 Å². The molecule has 1 rings (SSSR count). The van der Waals surface area contributed by atoms with Gasteiger partial charge in [-0.05, 0) is 18.3 Å². The molecule has 1 aliphatic rings. The van der Waals surface area contributed by atoms with Crippen LogP contribution in [0.4, 0.5) is 0 Å². The molecule has 1 fully saturated rings. The van der Waals surface area contributed by atoms with Crippen molar-refractivity contribution in [2.45, 2.75) is 26.7 Å². The number of hydrogen-bond donors (Lipinski definition) is 0. The van der Waals surface area contributed by atoms with Crippen molar-refractivity contribution in [2.24, 2.45) is 11.3 Å². The molecular weight excluding hydrogens is 154 g/mol. The van der Waals surface area contributed by atoms with E-state index in [1.54, 1.807) is 6.07 Å². The number of rotatable bonds is 2. The zero-order valence-electron chi connectivity index (χ0n) is 7.46. The molecule has 3 nitrogen and oxygen atoms in total. The second kappa shape index (κ2) is 3.14. The lowest BCUT2D eigenvalue weighted by Crippen LogP contribution is -2.37. The van der Waals surface area contributed by atoms with E-state index in [2.05, 4.69) is 18.6 Å². The van der Waals surface area contributed by atoms with Crippen LogP contribution in [0.25, 0.3) is 0 Å². The zero-order valence-corrected chi connectivity index (χ0v) is 7.46. The van der Waals surface area contributed by atoms with E-state index in [4.69, 9.17) is 5.26 Å². The molecule has 0 unspecified atom stereocenters. The normalized spacial score (nSPS) is 20.8. The Balaban J connectivity index is 2.25. The van der Waals surface area contributed by atoms with Gasteiger partial charge >= 0.3 is 5.97 Å². The lowest BCUT2D eigenvalue weighted by molar-refractivity contribution is -0.154. The van der Waals surface area contributed by atoms with Crippen LogP contribution in [0.3, 0.4) is 0 Å². The molecule has 0 saturated heterocycles. The Bertz CT molecular complexity index is 219. The van der Waals surface area contributed by atoms with Gasteiger partial charge in [-0.25, -0.2) is 0 Å². The smallest absolute Gasteiger partial charge is 0.310 e. The SMILES string of the molecule is CC1(C)CC(C(=O)OCC#N)C1. The van der Waals surface area contributed by atoms with Gasteiger partial charge in [-0.1, -0.05) is 13.8 Å². The van der Waals surface area contributed by atoms with Gasteiger partial charge in [-0.3, -0.25) is 4.79 Å². The Morgan fingerprint density at radius 3 is 2.67 bits per heavy atom. The number of hydrogen-bond acceptors (Lipinski definition) is 3. The van der Waals surface area contributed by atoms with Gasteiger partial charge in [0.2, 0.25) is 0 Å². The number of carbonyl (C=O) groups is 1. The molecule has 1 saturated carbocycles. The summed E-state index contributed by atoms with van der Waals surface area (Å²) in [6.07, 6.45) is 1.77. The van der Waals surface area contributed by atoms with E-state index in [1.807, 2.05) is 0 Å².